The molecule has 0 saturated heterocycles. The number of carbonyl (C=O) groups excluding carboxylic acids is 3. The molecule has 2 atom stereocenters. The van der Waals surface area contributed by atoms with Crippen LogP contribution in [0.5, 0.6) is 0 Å². The van der Waals surface area contributed by atoms with Crippen LogP contribution in [0.1, 0.15) is 47.5 Å². The standard InChI is InChI=1S/C13H26N4O3.C2H6/c1-8(2)11(15-4)12(19)17-10(9(3)18)6-5-7-16-13(14)20;1-2/h8,10-11,15H,5-7H2,1-4H3,(H,17,19)(H3,14,16,20);1-2H3. The zero-order chi connectivity index (χ0) is 17.7. The van der Waals surface area contributed by atoms with Crippen molar-refractivity contribution >= 4 is 17.7 Å². The first kappa shape index (κ1) is 22.6. The van der Waals surface area contributed by atoms with Gasteiger partial charge in [-0.3, -0.25) is 9.59 Å². The molecule has 0 radical (unpaired) electrons. The molecule has 0 aromatic carbocycles. The lowest BCUT2D eigenvalue weighted by Gasteiger charge is -2.23. The van der Waals surface area contributed by atoms with Gasteiger partial charge in [0.1, 0.15) is 0 Å². The predicted octanol–water partition coefficient (Wildman–Crippen LogP) is 0.779. The molecule has 0 aliphatic carbocycles. The van der Waals surface area contributed by atoms with E-state index in [-0.39, 0.29) is 23.7 Å². The van der Waals surface area contributed by atoms with E-state index < -0.39 is 12.1 Å². The van der Waals surface area contributed by atoms with Gasteiger partial charge in [-0.25, -0.2) is 4.79 Å². The molecule has 0 bridgehead atoms. The lowest BCUT2D eigenvalue weighted by atomic mass is 10.0. The number of hydrogen-bond donors (Lipinski definition) is 4. The fourth-order valence-corrected chi connectivity index (χ4v) is 1.92. The fraction of sp³-hybridized carbons (Fsp3) is 0.800. The highest BCUT2D eigenvalue weighted by atomic mass is 16.2. The Kier molecular flexibility index (Phi) is 13.4. The molecule has 130 valence electrons. The van der Waals surface area contributed by atoms with Crippen molar-refractivity contribution in [3.8, 4) is 0 Å². The van der Waals surface area contributed by atoms with Gasteiger partial charge in [0.25, 0.3) is 0 Å². The van der Waals surface area contributed by atoms with Crippen molar-refractivity contribution in [2.24, 2.45) is 11.7 Å². The second kappa shape index (κ2) is 13.1. The smallest absolute Gasteiger partial charge is 0.312 e. The Morgan fingerprint density at radius 1 is 1.14 bits per heavy atom. The Labute approximate surface area is 133 Å². The normalized spacial score (nSPS) is 12.7. The number of hydrogen-bond acceptors (Lipinski definition) is 4. The van der Waals surface area contributed by atoms with Crippen LogP contribution in [-0.2, 0) is 9.59 Å². The molecule has 7 heteroatoms. The Bertz CT molecular complexity index is 346. The van der Waals surface area contributed by atoms with E-state index in [0.29, 0.717) is 19.4 Å². The topological polar surface area (TPSA) is 113 Å². The van der Waals surface area contributed by atoms with Gasteiger partial charge in [-0.15, -0.1) is 0 Å². The summed E-state index contributed by atoms with van der Waals surface area (Å²) in [5.41, 5.74) is 4.95. The maximum Gasteiger partial charge on any atom is 0.312 e. The molecule has 0 aromatic rings. The quantitative estimate of drug-likeness (QED) is 0.471. The van der Waals surface area contributed by atoms with Crippen LogP contribution >= 0.6 is 0 Å². The highest BCUT2D eigenvalue weighted by molar-refractivity contribution is 5.89. The number of rotatable bonds is 9. The summed E-state index contributed by atoms with van der Waals surface area (Å²) in [5.74, 6) is -0.161. The molecular weight excluding hydrogens is 284 g/mol. The molecule has 0 heterocycles. The first-order chi connectivity index (χ1) is 10.3. The molecule has 0 aromatic heterocycles. The number of nitrogens with two attached hydrogens (primary N) is 1. The molecule has 2 unspecified atom stereocenters. The largest absolute Gasteiger partial charge is 0.352 e. The number of primary amides is 1. The van der Waals surface area contributed by atoms with E-state index in [1.165, 1.54) is 6.92 Å². The third kappa shape index (κ3) is 10.1. The Hall–Kier alpha value is -1.63. The maximum absolute atomic E-state index is 12.1. The number of amides is 3. The predicted molar refractivity (Wildman–Crippen MR) is 88.5 cm³/mol. The van der Waals surface area contributed by atoms with Gasteiger partial charge in [-0.2, -0.15) is 0 Å². The van der Waals surface area contributed by atoms with E-state index in [2.05, 4.69) is 16.0 Å². The first-order valence-electron chi connectivity index (χ1n) is 7.81. The molecule has 7 nitrogen and oxygen atoms in total. The summed E-state index contributed by atoms with van der Waals surface area (Å²) in [6.07, 6.45) is 1.04. The number of nitrogens with one attached hydrogen (secondary N) is 3. The molecule has 0 saturated carbocycles. The lowest BCUT2D eigenvalue weighted by molar-refractivity contribution is -0.129. The van der Waals surface area contributed by atoms with Crippen molar-refractivity contribution in [1.29, 1.82) is 0 Å². The van der Waals surface area contributed by atoms with Gasteiger partial charge in [0, 0.05) is 6.54 Å². The molecule has 0 rings (SSSR count). The molecular formula is C15H32N4O3. The highest BCUT2D eigenvalue weighted by Crippen LogP contribution is 2.04. The van der Waals surface area contributed by atoms with E-state index in [1.807, 2.05) is 27.7 Å². The highest BCUT2D eigenvalue weighted by Gasteiger charge is 2.24. The second-order valence-corrected chi connectivity index (χ2v) is 5.12. The Balaban J connectivity index is 0. The number of likely N-dealkylation sites (N-methyl/N-ethyl adjacent to an activating group) is 1. The third-order valence-electron chi connectivity index (χ3n) is 3.04. The van der Waals surface area contributed by atoms with Crippen LogP contribution in [0.25, 0.3) is 0 Å². The van der Waals surface area contributed by atoms with Gasteiger partial charge in [0.2, 0.25) is 5.91 Å². The summed E-state index contributed by atoms with van der Waals surface area (Å²) < 4.78 is 0. The van der Waals surface area contributed by atoms with Gasteiger partial charge in [0.05, 0.1) is 12.1 Å². The van der Waals surface area contributed by atoms with Crippen molar-refractivity contribution in [3.63, 3.8) is 0 Å². The molecule has 22 heavy (non-hydrogen) atoms. The van der Waals surface area contributed by atoms with Gasteiger partial charge < -0.3 is 21.7 Å². The summed E-state index contributed by atoms with van der Waals surface area (Å²) >= 11 is 0. The van der Waals surface area contributed by atoms with Crippen LogP contribution in [0.2, 0.25) is 0 Å². The minimum atomic E-state index is -0.594. The third-order valence-corrected chi connectivity index (χ3v) is 3.04. The summed E-state index contributed by atoms with van der Waals surface area (Å²) in [7, 11) is 1.71. The minimum absolute atomic E-state index is 0.101. The Morgan fingerprint density at radius 3 is 2.05 bits per heavy atom. The molecule has 5 N–H and O–H groups in total. The number of ketones is 1. The zero-order valence-corrected chi connectivity index (χ0v) is 14.7. The monoisotopic (exact) mass is 316 g/mol. The zero-order valence-electron chi connectivity index (χ0n) is 14.7. The van der Waals surface area contributed by atoms with E-state index in [4.69, 9.17) is 5.73 Å². The van der Waals surface area contributed by atoms with E-state index in [9.17, 15) is 14.4 Å². The van der Waals surface area contributed by atoms with Crippen LogP contribution in [0.4, 0.5) is 4.79 Å². The molecule has 3 amide bonds. The van der Waals surface area contributed by atoms with Crippen LogP contribution in [0, 0.1) is 5.92 Å². The average Bonchev–Trinajstić information content (AvgIpc) is 2.44. The summed E-state index contributed by atoms with van der Waals surface area (Å²) in [6, 6.07) is -1.46. The second-order valence-electron chi connectivity index (χ2n) is 5.12. The van der Waals surface area contributed by atoms with Crippen LogP contribution in [0.3, 0.4) is 0 Å². The van der Waals surface area contributed by atoms with Gasteiger partial charge in [-0.05, 0) is 32.7 Å². The van der Waals surface area contributed by atoms with Crippen molar-refractivity contribution in [3.05, 3.63) is 0 Å². The number of Topliss-reactive ketones (excluding diaryl/α,β-unsaturated/α-hetero) is 1. The molecule has 0 spiro atoms. The summed E-state index contributed by atoms with van der Waals surface area (Å²) in [6.45, 7) is 9.69. The van der Waals surface area contributed by atoms with Crippen molar-refractivity contribution in [1.82, 2.24) is 16.0 Å². The van der Waals surface area contributed by atoms with E-state index >= 15 is 0 Å². The van der Waals surface area contributed by atoms with Crippen LogP contribution < -0.4 is 21.7 Å². The fourth-order valence-electron chi connectivity index (χ4n) is 1.92. The van der Waals surface area contributed by atoms with E-state index in [1.54, 1.807) is 7.05 Å². The minimum Gasteiger partial charge on any atom is -0.352 e. The number of urea groups is 1. The van der Waals surface area contributed by atoms with Gasteiger partial charge >= 0.3 is 6.03 Å². The lowest BCUT2D eigenvalue weighted by Crippen LogP contribution is -2.51. The molecule has 0 aliphatic rings. The molecule has 0 aliphatic heterocycles. The van der Waals surface area contributed by atoms with Crippen LogP contribution in [0.15, 0.2) is 0 Å². The van der Waals surface area contributed by atoms with E-state index in [0.717, 1.165) is 0 Å². The maximum atomic E-state index is 12.1. The summed E-state index contributed by atoms with van der Waals surface area (Å²) in [5, 5.41) is 8.12. The van der Waals surface area contributed by atoms with Crippen molar-refractivity contribution in [2.75, 3.05) is 13.6 Å². The van der Waals surface area contributed by atoms with Crippen molar-refractivity contribution < 1.29 is 14.4 Å². The SMILES string of the molecule is CC.CNC(C(=O)NC(CCCNC(N)=O)C(C)=O)C(C)C. The first-order valence-corrected chi connectivity index (χ1v) is 7.81. The average molecular weight is 316 g/mol. The van der Waals surface area contributed by atoms with Gasteiger partial charge in [0.15, 0.2) is 5.78 Å². The van der Waals surface area contributed by atoms with Crippen molar-refractivity contribution in [2.45, 2.75) is 59.5 Å². The molecule has 0 fully saturated rings. The summed E-state index contributed by atoms with van der Waals surface area (Å²) in [4.78, 5) is 34.1. The number of carbonyl (C=O) groups is 3. The van der Waals surface area contributed by atoms with Gasteiger partial charge in [-0.1, -0.05) is 27.7 Å². The van der Waals surface area contributed by atoms with Crippen LogP contribution in [-0.4, -0.2) is 43.4 Å². The Morgan fingerprint density at radius 2 is 1.68 bits per heavy atom.